The summed E-state index contributed by atoms with van der Waals surface area (Å²) in [5, 5.41) is 17.6. The van der Waals surface area contributed by atoms with E-state index >= 15 is 4.39 Å². The Morgan fingerprint density at radius 1 is 1.29 bits per heavy atom. The molecule has 3 amide bonds. The Morgan fingerprint density at radius 3 is 2.83 bits per heavy atom. The third-order valence-corrected chi connectivity index (χ3v) is 7.09. The molecule has 1 fully saturated rings. The summed E-state index contributed by atoms with van der Waals surface area (Å²) in [6, 6.07) is 7.89. The molecule has 1 saturated heterocycles. The summed E-state index contributed by atoms with van der Waals surface area (Å²) in [4.78, 5) is 36.1. The maximum absolute atomic E-state index is 15.2. The minimum absolute atomic E-state index is 0.0193. The largest absolute Gasteiger partial charge is 0.352 e. The number of aromatic amines is 1. The molecule has 3 aromatic heterocycles. The molecule has 1 aromatic carbocycles. The van der Waals surface area contributed by atoms with Crippen LogP contribution < -0.4 is 15.5 Å². The SMILES string of the molecule is [C-]#[N+]C(C)(C)c1cc(C(=O)NCc2ccc(-c3ccnc4[nH]nc(N5CC[C@@H](NC(=O)N(C)C)C5)c34)cc2F)no1. The van der Waals surface area contributed by atoms with Gasteiger partial charge >= 0.3 is 6.03 Å². The van der Waals surface area contributed by atoms with Crippen molar-refractivity contribution in [1.29, 1.82) is 0 Å². The van der Waals surface area contributed by atoms with Gasteiger partial charge < -0.3 is 29.8 Å². The van der Waals surface area contributed by atoms with E-state index in [0.717, 1.165) is 17.4 Å². The number of urea groups is 1. The van der Waals surface area contributed by atoms with Crippen molar-refractivity contribution in [3.63, 3.8) is 0 Å². The lowest BCUT2D eigenvalue weighted by atomic mass is 10.0. The molecule has 4 aromatic rings. The van der Waals surface area contributed by atoms with Crippen LogP contribution in [0.15, 0.2) is 41.1 Å². The van der Waals surface area contributed by atoms with E-state index in [9.17, 15) is 9.59 Å². The highest BCUT2D eigenvalue weighted by atomic mass is 19.1. The van der Waals surface area contributed by atoms with Gasteiger partial charge in [0.05, 0.1) is 5.39 Å². The van der Waals surface area contributed by atoms with Gasteiger partial charge in [0.15, 0.2) is 17.2 Å². The number of aromatic nitrogens is 4. The number of halogens is 1. The van der Waals surface area contributed by atoms with E-state index in [4.69, 9.17) is 11.1 Å². The molecule has 1 aliphatic rings. The highest BCUT2D eigenvalue weighted by Gasteiger charge is 2.32. The van der Waals surface area contributed by atoms with Crippen LogP contribution >= 0.6 is 0 Å². The van der Waals surface area contributed by atoms with Crippen LogP contribution in [-0.2, 0) is 12.1 Å². The number of carbonyl (C=O) groups is 2. The molecule has 41 heavy (non-hydrogen) atoms. The first kappa shape index (κ1) is 27.6. The second-order valence-corrected chi connectivity index (χ2v) is 10.6. The molecule has 12 nitrogen and oxygen atoms in total. The molecular weight excluding hydrogens is 529 g/mol. The Hall–Kier alpha value is -4.99. The third-order valence-electron chi connectivity index (χ3n) is 7.09. The molecule has 1 atom stereocenters. The smallest absolute Gasteiger partial charge is 0.317 e. The van der Waals surface area contributed by atoms with Crippen LogP contribution in [0.1, 0.15) is 42.1 Å². The fraction of sp³-hybridized carbons (Fsp3) is 0.357. The zero-order valence-electron chi connectivity index (χ0n) is 23.2. The van der Waals surface area contributed by atoms with Crippen molar-refractivity contribution in [2.24, 2.45) is 0 Å². The fourth-order valence-corrected chi connectivity index (χ4v) is 4.63. The first-order chi connectivity index (χ1) is 19.6. The van der Waals surface area contributed by atoms with Gasteiger partial charge in [0, 0.05) is 71.4 Å². The Balaban J connectivity index is 1.32. The molecular formula is C28H30FN9O3. The van der Waals surface area contributed by atoms with Crippen molar-refractivity contribution in [3.8, 4) is 11.1 Å². The first-order valence-corrected chi connectivity index (χ1v) is 13.1. The average molecular weight is 560 g/mol. The van der Waals surface area contributed by atoms with Gasteiger partial charge in [-0.15, -0.1) is 0 Å². The number of carbonyl (C=O) groups excluding carboxylic acids is 2. The molecule has 0 radical (unpaired) electrons. The lowest BCUT2D eigenvalue weighted by Crippen LogP contribution is -2.42. The fourth-order valence-electron chi connectivity index (χ4n) is 4.63. The zero-order valence-corrected chi connectivity index (χ0v) is 23.2. The maximum atomic E-state index is 15.2. The summed E-state index contributed by atoms with van der Waals surface area (Å²) in [5.74, 6) is -0.0534. The normalized spacial score (nSPS) is 15.1. The Kier molecular flexibility index (Phi) is 7.32. The van der Waals surface area contributed by atoms with Crippen LogP contribution in [-0.4, -0.2) is 70.4 Å². The zero-order chi connectivity index (χ0) is 29.3. The van der Waals surface area contributed by atoms with E-state index < -0.39 is 17.3 Å². The minimum Gasteiger partial charge on any atom is -0.352 e. The van der Waals surface area contributed by atoms with Crippen molar-refractivity contribution < 1.29 is 18.5 Å². The number of rotatable bonds is 7. The number of hydrogen-bond donors (Lipinski definition) is 3. The molecule has 5 rings (SSSR count). The number of nitrogens with zero attached hydrogens (tertiary/aromatic N) is 6. The van der Waals surface area contributed by atoms with Crippen LogP contribution in [0.5, 0.6) is 0 Å². The quantitative estimate of drug-likeness (QED) is 0.294. The van der Waals surface area contributed by atoms with E-state index in [-0.39, 0.29) is 30.1 Å². The molecule has 1 aliphatic heterocycles. The monoisotopic (exact) mass is 559 g/mol. The first-order valence-electron chi connectivity index (χ1n) is 13.1. The summed E-state index contributed by atoms with van der Waals surface area (Å²) in [6.07, 6.45) is 2.41. The van der Waals surface area contributed by atoms with Crippen molar-refractivity contribution >= 4 is 28.8 Å². The Bertz CT molecular complexity index is 1650. The number of H-pyrrole nitrogens is 1. The lowest BCUT2D eigenvalue weighted by molar-refractivity contribution is 0.0941. The molecule has 13 heteroatoms. The van der Waals surface area contributed by atoms with Crippen molar-refractivity contribution in [2.75, 3.05) is 32.1 Å². The van der Waals surface area contributed by atoms with Gasteiger partial charge in [-0.1, -0.05) is 17.3 Å². The number of amides is 3. The van der Waals surface area contributed by atoms with Crippen molar-refractivity contribution in [1.82, 2.24) is 35.9 Å². The molecule has 0 saturated carbocycles. The van der Waals surface area contributed by atoms with E-state index in [1.807, 2.05) is 6.07 Å². The van der Waals surface area contributed by atoms with Gasteiger partial charge in [-0.05, 0) is 29.7 Å². The van der Waals surface area contributed by atoms with Crippen molar-refractivity contribution in [2.45, 2.75) is 38.4 Å². The molecule has 3 N–H and O–H groups in total. The van der Waals surface area contributed by atoms with Gasteiger partial charge in [0.1, 0.15) is 5.82 Å². The molecule has 212 valence electrons. The number of benzene rings is 1. The van der Waals surface area contributed by atoms with Crippen LogP contribution in [0.3, 0.4) is 0 Å². The number of nitrogens with one attached hydrogen (secondary N) is 3. The highest BCUT2D eigenvalue weighted by Crippen LogP contribution is 2.35. The van der Waals surface area contributed by atoms with E-state index in [1.165, 1.54) is 17.0 Å². The molecule has 0 bridgehead atoms. The average Bonchev–Trinajstić information content (AvgIpc) is 3.72. The second-order valence-electron chi connectivity index (χ2n) is 10.6. The van der Waals surface area contributed by atoms with E-state index in [1.54, 1.807) is 46.3 Å². The Labute approximate surface area is 235 Å². The number of anilines is 1. The standard InChI is InChI=1S/C28H30FN9O3/c1-28(2,30-3)22-13-21(36-41-22)26(39)32-14-17-7-6-16(12-20(17)29)19-8-10-31-24-23(19)25(35-34-24)38-11-9-18(15-38)33-27(40)37(4)5/h6-8,10,12-13,18H,9,11,14-15H2,1-2,4-5H3,(H,32,39)(H,33,40)(H,31,34,35)/t18-/m1/s1. The number of pyridine rings is 1. The van der Waals surface area contributed by atoms with Crippen molar-refractivity contribution in [3.05, 3.63) is 70.8 Å². The number of hydrogen-bond acceptors (Lipinski definition) is 7. The van der Waals surface area contributed by atoms with Gasteiger partial charge in [0.25, 0.3) is 11.4 Å². The summed E-state index contributed by atoms with van der Waals surface area (Å²) in [5.41, 5.74) is 1.33. The van der Waals surface area contributed by atoms with Gasteiger partial charge in [0.2, 0.25) is 5.76 Å². The molecule has 0 unspecified atom stereocenters. The highest BCUT2D eigenvalue weighted by molar-refractivity contribution is 6.00. The predicted octanol–water partition coefficient (Wildman–Crippen LogP) is 3.69. The second kappa shape index (κ2) is 10.9. The minimum atomic E-state index is -0.945. The maximum Gasteiger partial charge on any atom is 0.317 e. The lowest BCUT2D eigenvalue weighted by Gasteiger charge is -2.19. The third kappa shape index (κ3) is 5.54. The van der Waals surface area contributed by atoms with Crippen LogP contribution in [0, 0.1) is 12.4 Å². The van der Waals surface area contributed by atoms with Gasteiger partial charge in [-0.3, -0.25) is 9.89 Å². The van der Waals surface area contributed by atoms with Crippen LogP contribution in [0.2, 0.25) is 0 Å². The number of fused-ring (bicyclic) bond motifs is 1. The topological polar surface area (TPSA) is 137 Å². The van der Waals surface area contributed by atoms with E-state index in [0.29, 0.717) is 35.7 Å². The molecule has 4 heterocycles. The van der Waals surface area contributed by atoms with Gasteiger partial charge in [-0.2, -0.15) is 5.10 Å². The van der Waals surface area contributed by atoms with Crippen LogP contribution in [0.4, 0.5) is 15.0 Å². The Morgan fingerprint density at radius 2 is 2.10 bits per heavy atom. The predicted molar refractivity (Wildman–Crippen MR) is 149 cm³/mol. The van der Waals surface area contributed by atoms with E-state index in [2.05, 4.69) is 40.7 Å². The molecule has 0 spiro atoms. The van der Waals surface area contributed by atoms with Crippen LogP contribution in [0.25, 0.3) is 27.0 Å². The molecule has 0 aliphatic carbocycles. The summed E-state index contributed by atoms with van der Waals surface area (Å²) in [6.45, 7) is 11.8. The summed E-state index contributed by atoms with van der Waals surface area (Å²) in [7, 11) is 3.40. The summed E-state index contributed by atoms with van der Waals surface area (Å²) < 4.78 is 20.4. The van der Waals surface area contributed by atoms with Gasteiger partial charge in [-0.25, -0.2) is 20.7 Å². The summed E-state index contributed by atoms with van der Waals surface area (Å²) >= 11 is 0.